The number of nitrogens with one attached hydrogen (secondary N) is 1. The van der Waals surface area contributed by atoms with Gasteiger partial charge in [-0.1, -0.05) is 30.7 Å². The summed E-state index contributed by atoms with van der Waals surface area (Å²) in [4.78, 5) is 15.4. The van der Waals surface area contributed by atoms with Crippen molar-refractivity contribution >= 4 is 29.3 Å². The van der Waals surface area contributed by atoms with Gasteiger partial charge in [0.25, 0.3) is 0 Å². The fourth-order valence-corrected chi connectivity index (χ4v) is 2.37. The highest BCUT2D eigenvalue weighted by Gasteiger charge is 2.25. The molecular weight excluding hydrogens is 276 g/mol. The van der Waals surface area contributed by atoms with Gasteiger partial charge in [-0.15, -0.1) is 0 Å². The zero-order valence-electron chi connectivity index (χ0n) is 12.1. The lowest BCUT2D eigenvalue weighted by atomic mass is 10.2. The zero-order valence-corrected chi connectivity index (χ0v) is 12.9. The summed E-state index contributed by atoms with van der Waals surface area (Å²) in [5.74, 6) is -0.250. The van der Waals surface area contributed by atoms with Gasteiger partial charge in [-0.05, 0) is 31.9 Å². The first-order chi connectivity index (χ1) is 9.43. The monoisotopic (exact) mass is 296 g/mol. The summed E-state index contributed by atoms with van der Waals surface area (Å²) < 4.78 is 0. The molecule has 0 spiro atoms. The van der Waals surface area contributed by atoms with Crippen molar-refractivity contribution in [3.63, 3.8) is 0 Å². The molecule has 0 aliphatic rings. The van der Waals surface area contributed by atoms with Crippen LogP contribution in [0.5, 0.6) is 0 Å². The van der Waals surface area contributed by atoms with Crippen LogP contribution in [-0.4, -0.2) is 30.0 Å². The highest BCUT2D eigenvalue weighted by molar-refractivity contribution is 6.34. The van der Waals surface area contributed by atoms with Crippen molar-refractivity contribution in [3.8, 4) is 0 Å². The van der Waals surface area contributed by atoms with E-state index < -0.39 is 0 Å². The van der Waals surface area contributed by atoms with E-state index in [9.17, 15) is 4.79 Å². The number of urea groups is 1. The molecule has 3 N–H and O–H groups in total. The molecule has 0 fully saturated rings. The lowest BCUT2D eigenvalue weighted by Gasteiger charge is -2.30. The Bertz CT molecular complexity index is 484. The minimum absolute atomic E-state index is 0.250. The fourth-order valence-electron chi connectivity index (χ4n) is 2.04. The van der Waals surface area contributed by atoms with Crippen LogP contribution in [0, 0.1) is 12.3 Å². The fraction of sp³-hybridized carbons (Fsp3) is 0.429. The summed E-state index contributed by atoms with van der Waals surface area (Å²) in [7, 11) is 0. The lowest BCUT2D eigenvalue weighted by Crippen LogP contribution is -2.49. The normalized spacial score (nSPS) is 10.2. The Morgan fingerprint density at radius 1 is 1.40 bits per heavy atom. The van der Waals surface area contributed by atoms with E-state index >= 15 is 0 Å². The van der Waals surface area contributed by atoms with Gasteiger partial charge in [0.15, 0.2) is 5.96 Å². The first-order valence-corrected chi connectivity index (χ1v) is 6.99. The van der Waals surface area contributed by atoms with Gasteiger partial charge < -0.3 is 5.73 Å². The second-order valence-corrected chi connectivity index (χ2v) is 4.88. The molecule has 0 aliphatic heterocycles. The summed E-state index contributed by atoms with van der Waals surface area (Å²) in [6.07, 6.45) is 0.727. The van der Waals surface area contributed by atoms with Crippen LogP contribution in [0.25, 0.3) is 0 Å². The van der Waals surface area contributed by atoms with Crippen molar-refractivity contribution in [1.29, 1.82) is 5.41 Å². The molecule has 2 amide bonds. The quantitative estimate of drug-likeness (QED) is 0.661. The highest BCUT2D eigenvalue weighted by atomic mass is 35.5. The van der Waals surface area contributed by atoms with E-state index in [1.54, 1.807) is 11.0 Å². The molecular formula is C14H21ClN4O. The maximum Gasteiger partial charge on any atom is 0.331 e. The summed E-state index contributed by atoms with van der Waals surface area (Å²) in [5, 5.41) is 8.06. The third kappa shape index (κ3) is 3.42. The molecule has 0 heterocycles. The number of rotatable bonds is 4. The molecule has 6 heteroatoms. The maximum absolute atomic E-state index is 12.6. The molecule has 110 valence electrons. The van der Waals surface area contributed by atoms with Crippen molar-refractivity contribution < 1.29 is 4.79 Å². The number of guanidine groups is 1. The molecule has 0 atom stereocenters. The first-order valence-electron chi connectivity index (χ1n) is 6.62. The van der Waals surface area contributed by atoms with Crippen molar-refractivity contribution in [2.24, 2.45) is 5.73 Å². The van der Waals surface area contributed by atoms with Crippen LogP contribution in [0.4, 0.5) is 10.5 Å². The van der Waals surface area contributed by atoms with Crippen LogP contribution < -0.4 is 10.6 Å². The third-order valence-electron chi connectivity index (χ3n) is 2.97. The van der Waals surface area contributed by atoms with Gasteiger partial charge in [-0.25, -0.2) is 4.79 Å². The van der Waals surface area contributed by atoms with E-state index in [0.717, 1.165) is 12.0 Å². The van der Waals surface area contributed by atoms with Crippen molar-refractivity contribution in [2.75, 3.05) is 18.0 Å². The Morgan fingerprint density at radius 2 is 2.05 bits per heavy atom. The minimum atomic E-state index is -0.321. The van der Waals surface area contributed by atoms with Crippen LogP contribution in [-0.2, 0) is 0 Å². The van der Waals surface area contributed by atoms with Gasteiger partial charge in [0.2, 0.25) is 0 Å². The van der Waals surface area contributed by atoms with Crippen molar-refractivity contribution in [1.82, 2.24) is 4.90 Å². The number of nitrogens with two attached hydrogens (primary N) is 1. The molecule has 0 saturated carbocycles. The number of halogens is 1. The van der Waals surface area contributed by atoms with Crippen LogP contribution >= 0.6 is 11.6 Å². The molecule has 0 unspecified atom stereocenters. The van der Waals surface area contributed by atoms with E-state index in [4.69, 9.17) is 22.7 Å². The van der Waals surface area contributed by atoms with Crippen LogP contribution in [0.15, 0.2) is 18.2 Å². The molecule has 1 rings (SSSR count). The molecule has 5 nitrogen and oxygen atoms in total. The average molecular weight is 297 g/mol. The average Bonchev–Trinajstić information content (AvgIpc) is 2.39. The molecule has 0 aliphatic carbocycles. The Labute approximate surface area is 124 Å². The van der Waals surface area contributed by atoms with Gasteiger partial charge in [0.05, 0.1) is 10.7 Å². The molecule has 1 aromatic rings. The number of hydrogen-bond donors (Lipinski definition) is 2. The molecule has 0 radical (unpaired) electrons. The van der Waals surface area contributed by atoms with Gasteiger partial charge in [-0.3, -0.25) is 15.2 Å². The summed E-state index contributed by atoms with van der Waals surface area (Å²) in [5.41, 5.74) is 7.08. The van der Waals surface area contributed by atoms with Gasteiger partial charge in [0.1, 0.15) is 0 Å². The molecule has 0 bridgehead atoms. The van der Waals surface area contributed by atoms with Crippen molar-refractivity contribution in [3.05, 3.63) is 28.8 Å². The molecule has 0 aromatic heterocycles. The summed E-state index contributed by atoms with van der Waals surface area (Å²) >= 11 is 6.21. The van der Waals surface area contributed by atoms with E-state index in [2.05, 4.69) is 0 Å². The van der Waals surface area contributed by atoms with Gasteiger partial charge >= 0.3 is 6.03 Å². The summed E-state index contributed by atoms with van der Waals surface area (Å²) in [6.45, 7) is 6.56. The second-order valence-electron chi connectivity index (χ2n) is 4.47. The Morgan fingerprint density at radius 3 is 2.50 bits per heavy atom. The van der Waals surface area contributed by atoms with Crippen LogP contribution in [0.3, 0.4) is 0 Å². The minimum Gasteiger partial charge on any atom is -0.370 e. The smallest absolute Gasteiger partial charge is 0.331 e. The summed E-state index contributed by atoms with van der Waals surface area (Å²) in [6, 6.07) is 5.17. The first kappa shape index (κ1) is 16.3. The van der Waals surface area contributed by atoms with Crippen molar-refractivity contribution in [2.45, 2.75) is 27.2 Å². The van der Waals surface area contributed by atoms with Gasteiger partial charge in [-0.2, -0.15) is 0 Å². The van der Waals surface area contributed by atoms with E-state index in [1.807, 2.05) is 32.9 Å². The number of amides is 2. The number of para-hydroxylation sites is 1. The molecule has 20 heavy (non-hydrogen) atoms. The van der Waals surface area contributed by atoms with Crippen LogP contribution in [0.2, 0.25) is 5.02 Å². The Kier molecular flexibility index (Phi) is 5.82. The largest absolute Gasteiger partial charge is 0.370 e. The number of carbonyl (C=O) groups is 1. The topological polar surface area (TPSA) is 73.4 Å². The highest BCUT2D eigenvalue weighted by Crippen LogP contribution is 2.30. The number of hydrogen-bond acceptors (Lipinski definition) is 2. The number of benzene rings is 1. The predicted octanol–water partition coefficient (Wildman–Crippen LogP) is 3.20. The maximum atomic E-state index is 12.6. The molecule has 1 aromatic carbocycles. The Balaban J connectivity index is 3.18. The van der Waals surface area contributed by atoms with E-state index in [1.165, 1.54) is 4.90 Å². The van der Waals surface area contributed by atoms with Crippen LogP contribution in [0.1, 0.15) is 25.8 Å². The van der Waals surface area contributed by atoms with Gasteiger partial charge in [0, 0.05) is 13.1 Å². The van der Waals surface area contributed by atoms with E-state index in [-0.39, 0.29) is 12.0 Å². The standard InChI is InChI=1S/C14H21ClN4O/c1-4-9-19(13(16)17)14(20)18(5-2)12-10(3)7-6-8-11(12)15/h6-8H,4-5,9H2,1-3H3,(H3,16,17). The number of anilines is 1. The predicted molar refractivity (Wildman–Crippen MR) is 83.5 cm³/mol. The second kappa shape index (κ2) is 7.14. The number of aryl methyl sites for hydroxylation is 1. The number of carbonyl (C=O) groups excluding carboxylic acids is 1. The Hall–Kier alpha value is -1.75. The molecule has 0 saturated heterocycles. The third-order valence-corrected chi connectivity index (χ3v) is 3.28. The zero-order chi connectivity index (χ0) is 15.3. The lowest BCUT2D eigenvalue weighted by molar-refractivity contribution is 0.226. The SMILES string of the molecule is CCCN(C(=N)N)C(=O)N(CC)c1c(C)cccc1Cl. The van der Waals surface area contributed by atoms with E-state index in [0.29, 0.717) is 23.8 Å². The number of nitrogens with zero attached hydrogens (tertiary/aromatic N) is 2.